The Morgan fingerprint density at radius 2 is 1.68 bits per heavy atom. The van der Waals surface area contributed by atoms with Gasteiger partial charge in [-0.25, -0.2) is 4.79 Å². The zero-order valence-corrected chi connectivity index (χ0v) is 23.3. The van der Waals surface area contributed by atoms with Crippen molar-refractivity contribution in [3.05, 3.63) is 29.8 Å². The molecule has 0 saturated heterocycles. The molecule has 3 amide bonds. The second-order valence-corrected chi connectivity index (χ2v) is 9.98. The van der Waals surface area contributed by atoms with Crippen molar-refractivity contribution in [3.8, 4) is 5.75 Å². The summed E-state index contributed by atoms with van der Waals surface area (Å²) in [5.41, 5.74) is -0.340. The molecule has 37 heavy (non-hydrogen) atoms. The van der Waals surface area contributed by atoms with Gasteiger partial charge in [0, 0.05) is 12.3 Å². The van der Waals surface area contributed by atoms with Crippen LogP contribution in [0, 0.1) is 0 Å². The molecule has 10 nitrogen and oxygen atoms in total. The van der Waals surface area contributed by atoms with E-state index >= 15 is 0 Å². The summed E-state index contributed by atoms with van der Waals surface area (Å²) in [6.45, 7) is 7.06. The monoisotopic (exact) mass is 539 g/mol. The van der Waals surface area contributed by atoms with Crippen molar-refractivity contribution >= 4 is 36.5 Å². The Bertz CT molecular complexity index is 887. The molecule has 0 aliphatic rings. The van der Waals surface area contributed by atoms with E-state index in [2.05, 4.69) is 34.9 Å². The summed E-state index contributed by atoms with van der Waals surface area (Å²) in [5.74, 6) is -1.81. The van der Waals surface area contributed by atoms with Crippen LogP contribution in [0.4, 0.5) is 4.79 Å². The van der Waals surface area contributed by atoms with E-state index in [1.165, 1.54) is 36.3 Å². The van der Waals surface area contributed by atoms with Gasteiger partial charge in [0.2, 0.25) is 11.8 Å². The number of methoxy groups -OCH3 is 1. The van der Waals surface area contributed by atoms with Crippen LogP contribution in [0.2, 0.25) is 0 Å². The molecule has 3 N–H and O–H groups in total. The second-order valence-electron chi connectivity index (χ2n) is 9.62. The fraction of sp³-hybridized carbons (Fsp3) is 0.615. The summed E-state index contributed by atoms with van der Waals surface area (Å²) in [7, 11) is 1.21. The second kappa shape index (κ2) is 16.0. The molecule has 11 heteroatoms. The highest BCUT2D eigenvalue weighted by atomic mass is 32.1. The topological polar surface area (TPSA) is 134 Å². The summed E-state index contributed by atoms with van der Waals surface area (Å²) in [6, 6.07) is 3.69. The summed E-state index contributed by atoms with van der Waals surface area (Å²) < 4.78 is 9.91. The number of carbonyl (C=O) groups excluding carboxylic acids is 4. The van der Waals surface area contributed by atoms with E-state index in [4.69, 9.17) is 4.74 Å². The Morgan fingerprint density at radius 3 is 2.22 bits per heavy atom. The number of alkyl carbamates (subject to hydrolysis) is 1. The number of phenols is 1. The van der Waals surface area contributed by atoms with Crippen LogP contribution in [0.5, 0.6) is 5.75 Å². The van der Waals surface area contributed by atoms with Gasteiger partial charge in [-0.1, -0.05) is 44.7 Å². The fourth-order valence-electron chi connectivity index (χ4n) is 3.55. The van der Waals surface area contributed by atoms with E-state index in [0.717, 1.165) is 25.7 Å². The maximum Gasteiger partial charge on any atom is 0.408 e. The van der Waals surface area contributed by atoms with Gasteiger partial charge in [-0.15, -0.1) is 0 Å². The van der Waals surface area contributed by atoms with Crippen LogP contribution in [0.15, 0.2) is 24.3 Å². The molecule has 1 aromatic rings. The van der Waals surface area contributed by atoms with E-state index in [9.17, 15) is 24.3 Å². The van der Waals surface area contributed by atoms with E-state index in [1.807, 2.05) is 0 Å². The average molecular weight is 540 g/mol. The highest BCUT2D eigenvalue weighted by Crippen LogP contribution is 2.25. The molecule has 1 rings (SSSR count). The lowest BCUT2D eigenvalue weighted by atomic mass is 10.0. The van der Waals surface area contributed by atoms with Crippen molar-refractivity contribution in [2.24, 2.45) is 0 Å². The highest BCUT2D eigenvalue weighted by molar-refractivity contribution is 7.80. The Hall–Kier alpha value is -2.95. The van der Waals surface area contributed by atoms with Crippen LogP contribution in [0.25, 0.3) is 0 Å². The van der Waals surface area contributed by atoms with Crippen LogP contribution >= 0.6 is 12.6 Å². The van der Waals surface area contributed by atoms with Crippen LogP contribution in [0.1, 0.15) is 71.4 Å². The molecule has 0 fully saturated rings. The fourth-order valence-corrected chi connectivity index (χ4v) is 3.79. The number of amides is 3. The van der Waals surface area contributed by atoms with Gasteiger partial charge in [0.15, 0.2) is 0 Å². The average Bonchev–Trinajstić information content (AvgIpc) is 2.84. The van der Waals surface area contributed by atoms with Crippen molar-refractivity contribution in [2.75, 3.05) is 26.0 Å². The number of rotatable bonds is 14. The molecule has 0 aliphatic carbocycles. The number of esters is 1. The zero-order valence-electron chi connectivity index (χ0n) is 22.4. The van der Waals surface area contributed by atoms with Gasteiger partial charge >= 0.3 is 12.1 Å². The van der Waals surface area contributed by atoms with Crippen molar-refractivity contribution in [1.29, 1.82) is 0 Å². The smallest absolute Gasteiger partial charge is 0.408 e. The van der Waals surface area contributed by atoms with Gasteiger partial charge in [0.25, 0.3) is 0 Å². The Balaban J connectivity index is 3.34. The van der Waals surface area contributed by atoms with Gasteiger partial charge < -0.3 is 30.1 Å². The van der Waals surface area contributed by atoms with Crippen molar-refractivity contribution in [3.63, 3.8) is 0 Å². The summed E-state index contributed by atoms with van der Waals surface area (Å²) in [5, 5.41) is 14.8. The largest absolute Gasteiger partial charge is 0.508 e. The first-order valence-electron chi connectivity index (χ1n) is 12.5. The lowest BCUT2D eigenvalue weighted by molar-refractivity contribution is -0.144. The zero-order chi connectivity index (χ0) is 28.0. The van der Waals surface area contributed by atoms with E-state index < -0.39 is 41.6 Å². The number of aromatic hydroxyl groups is 1. The van der Waals surface area contributed by atoms with E-state index in [-0.39, 0.29) is 24.6 Å². The number of nitrogens with one attached hydrogen (secondary N) is 2. The molecule has 0 radical (unpaired) electrons. The van der Waals surface area contributed by atoms with Gasteiger partial charge in [-0.3, -0.25) is 14.4 Å². The van der Waals surface area contributed by atoms with Crippen LogP contribution in [0.3, 0.4) is 0 Å². The third-order valence-electron chi connectivity index (χ3n) is 5.36. The maximum absolute atomic E-state index is 13.8. The molecule has 0 bridgehead atoms. The number of benzene rings is 1. The summed E-state index contributed by atoms with van der Waals surface area (Å²) in [6.07, 6.45) is 3.76. The Kier molecular flexibility index (Phi) is 13.9. The molecule has 0 spiro atoms. The quantitative estimate of drug-likeness (QED) is 0.162. The minimum absolute atomic E-state index is 0.00487. The normalized spacial score (nSPS) is 12.7. The summed E-state index contributed by atoms with van der Waals surface area (Å²) in [4.78, 5) is 52.6. The first-order chi connectivity index (χ1) is 17.4. The third kappa shape index (κ3) is 11.8. The number of hydrogen-bond donors (Lipinski definition) is 4. The number of hydrogen-bond acceptors (Lipinski definition) is 8. The van der Waals surface area contributed by atoms with Crippen molar-refractivity contribution in [1.82, 2.24) is 15.5 Å². The number of carbonyl (C=O) groups is 4. The molecule has 208 valence electrons. The van der Waals surface area contributed by atoms with Gasteiger partial charge in [0.1, 0.15) is 30.0 Å². The molecule has 2 unspecified atom stereocenters. The van der Waals surface area contributed by atoms with E-state index in [1.54, 1.807) is 20.8 Å². The molecule has 2 atom stereocenters. The molecule has 0 saturated carbocycles. The molecular weight excluding hydrogens is 498 g/mol. The lowest BCUT2D eigenvalue weighted by Crippen LogP contribution is -2.54. The molecule has 0 aromatic heterocycles. The first kappa shape index (κ1) is 32.1. The third-order valence-corrected chi connectivity index (χ3v) is 5.73. The number of ether oxygens (including phenoxy) is 2. The van der Waals surface area contributed by atoms with Crippen molar-refractivity contribution in [2.45, 2.75) is 77.5 Å². The Morgan fingerprint density at radius 1 is 1.05 bits per heavy atom. The van der Waals surface area contributed by atoms with Gasteiger partial charge in [0.05, 0.1) is 7.11 Å². The molecular formula is C26H41N3O7S. The van der Waals surface area contributed by atoms with E-state index in [0.29, 0.717) is 12.0 Å². The minimum Gasteiger partial charge on any atom is -0.508 e. The number of unbranched alkanes of at least 4 members (excludes halogenated alkanes) is 4. The number of nitrogens with zero attached hydrogens (tertiary/aromatic N) is 1. The molecule has 0 heterocycles. The van der Waals surface area contributed by atoms with Gasteiger partial charge in [-0.05, 0) is 44.9 Å². The van der Waals surface area contributed by atoms with Crippen LogP contribution in [-0.2, 0) is 23.9 Å². The number of thiol groups is 1. The minimum atomic E-state index is -1.13. The Labute approximate surface area is 224 Å². The van der Waals surface area contributed by atoms with Crippen LogP contribution < -0.4 is 10.6 Å². The predicted octanol–water partition coefficient (Wildman–Crippen LogP) is 3.34. The first-order valence-corrected chi connectivity index (χ1v) is 13.1. The predicted molar refractivity (Wildman–Crippen MR) is 143 cm³/mol. The molecule has 1 aromatic carbocycles. The SMILES string of the molecule is CCCCCCCN(C(=O)C(CS)NC(=O)OC(C)(C)C)C(C(=O)NCC(=O)OC)c1ccc(O)cc1. The highest BCUT2D eigenvalue weighted by Gasteiger charge is 2.35. The molecule has 0 aliphatic heterocycles. The summed E-state index contributed by atoms with van der Waals surface area (Å²) >= 11 is 4.26. The van der Waals surface area contributed by atoms with Gasteiger partial charge in [-0.2, -0.15) is 12.6 Å². The number of phenolic OH excluding ortho intramolecular Hbond substituents is 1. The van der Waals surface area contributed by atoms with Crippen molar-refractivity contribution < 1.29 is 33.8 Å². The van der Waals surface area contributed by atoms with Crippen LogP contribution in [-0.4, -0.2) is 71.5 Å². The maximum atomic E-state index is 13.8. The lowest BCUT2D eigenvalue weighted by Gasteiger charge is -2.34. The standard InChI is InChI=1S/C26H41N3O7S/c1-6-7-8-9-10-15-29(24(33)20(17-37)28-25(34)36-26(2,3)4)22(18-11-13-19(30)14-12-18)23(32)27-16-21(31)35-5/h11-14,20,22,30,37H,6-10,15-17H2,1-5H3,(H,27,32)(H,28,34).